The predicted octanol–water partition coefficient (Wildman–Crippen LogP) is 6.20. The Bertz CT molecular complexity index is 146. The molecule has 0 aromatic carbocycles. The Balaban J connectivity index is 0.00000106. The van der Waals surface area contributed by atoms with Crippen molar-refractivity contribution in [3.05, 3.63) is 0 Å². The van der Waals surface area contributed by atoms with Crippen LogP contribution in [0.4, 0.5) is 0 Å². The zero-order chi connectivity index (χ0) is 12.4. The number of hydrogen-bond acceptors (Lipinski definition) is 0. The van der Waals surface area contributed by atoms with Crippen molar-refractivity contribution in [3.63, 3.8) is 0 Å². The van der Waals surface area contributed by atoms with E-state index in [9.17, 15) is 0 Å². The van der Waals surface area contributed by atoms with Gasteiger partial charge in [0.15, 0.2) is 0 Å². The Morgan fingerprint density at radius 3 is 2.31 bits per heavy atom. The van der Waals surface area contributed by atoms with Gasteiger partial charge in [0.05, 0.1) is 0 Å². The lowest BCUT2D eigenvalue weighted by atomic mass is 9.74. The van der Waals surface area contributed by atoms with Gasteiger partial charge in [0, 0.05) is 0 Å². The second kappa shape index (κ2) is 9.07. The van der Waals surface area contributed by atoms with Crippen LogP contribution in [0.3, 0.4) is 0 Å². The molecular formula is C16H34. The first-order valence-electron chi connectivity index (χ1n) is 7.72. The van der Waals surface area contributed by atoms with Gasteiger partial charge in [-0.3, -0.25) is 0 Å². The summed E-state index contributed by atoms with van der Waals surface area (Å²) in [4.78, 5) is 0. The molecule has 2 atom stereocenters. The average molecular weight is 226 g/mol. The molecule has 0 aromatic rings. The second-order valence-corrected chi connectivity index (χ2v) is 5.49. The fourth-order valence-corrected chi connectivity index (χ4v) is 2.98. The van der Waals surface area contributed by atoms with Crippen molar-refractivity contribution in [2.24, 2.45) is 11.3 Å². The van der Waals surface area contributed by atoms with Gasteiger partial charge in [0.2, 0.25) is 0 Å². The molecule has 0 heterocycles. The average Bonchev–Trinajstić information content (AvgIpc) is 2.52. The molecule has 0 aromatic heterocycles. The van der Waals surface area contributed by atoms with Crippen LogP contribution >= 0.6 is 0 Å². The highest BCUT2D eigenvalue weighted by Gasteiger charge is 2.29. The van der Waals surface area contributed by atoms with Crippen LogP contribution in [-0.4, -0.2) is 0 Å². The summed E-state index contributed by atoms with van der Waals surface area (Å²) in [6.45, 7) is 11.2. The summed E-state index contributed by atoms with van der Waals surface area (Å²) < 4.78 is 0. The molecule has 16 heavy (non-hydrogen) atoms. The van der Waals surface area contributed by atoms with Gasteiger partial charge in [-0.15, -0.1) is 0 Å². The third kappa shape index (κ3) is 5.37. The molecule has 1 aliphatic rings. The molecule has 0 nitrogen and oxygen atoms in total. The molecule has 0 bridgehead atoms. The van der Waals surface area contributed by atoms with E-state index in [-0.39, 0.29) is 0 Å². The summed E-state index contributed by atoms with van der Waals surface area (Å²) >= 11 is 0. The van der Waals surface area contributed by atoms with Gasteiger partial charge in [-0.2, -0.15) is 0 Å². The van der Waals surface area contributed by atoms with E-state index in [0.29, 0.717) is 0 Å². The van der Waals surface area contributed by atoms with E-state index in [2.05, 4.69) is 20.8 Å². The molecule has 0 aliphatic heterocycles. The van der Waals surface area contributed by atoms with E-state index in [0.717, 1.165) is 11.3 Å². The Hall–Kier alpha value is 0. The lowest BCUT2D eigenvalue weighted by Gasteiger charge is -2.31. The monoisotopic (exact) mass is 226 g/mol. The van der Waals surface area contributed by atoms with Crippen molar-refractivity contribution in [1.29, 1.82) is 0 Å². The summed E-state index contributed by atoms with van der Waals surface area (Å²) in [7, 11) is 0. The largest absolute Gasteiger partial charge is 0.0683 e. The zero-order valence-electron chi connectivity index (χ0n) is 12.4. The van der Waals surface area contributed by atoms with Crippen LogP contribution < -0.4 is 0 Å². The molecule has 0 heteroatoms. The van der Waals surface area contributed by atoms with Crippen LogP contribution in [0.1, 0.15) is 92.4 Å². The van der Waals surface area contributed by atoms with Crippen molar-refractivity contribution in [2.45, 2.75) is 92.4 Å². The quantitative estimate of drug-likeness (QED) is 0.501. The summed E-state index contributed by atoms with van der Waals surface area (Å²) in [6, 6.07) is 0. The van der Waals surface area contributed by atoms with Crippen LogP contribution in [0.15, 0.2) is 0 Å². The third-order valence-corrected chi connectivity index (χ3v) is 4.38. The van der Waals surface area contributed by atoms with E-state index < -0.39 is 0 Å². The van der Waals surface area contributed by atoms with E-state index in [4.69, 9.17) is 0 Å². The first-order chi connectivity index (χ1) is 7.72. The highest BCUT2D eigenvalue weighted by molar-refractivity contribution is 4.81. The molecule has 0 N–H and O–H groups in total. The molecule has 0 spiro atoms. The number of rotatable bonds is 4. The standard InChI is InChI=1S/C14H28.C2H6/c1-4-6-10-14(5-2)11-7-8-13(3)9-12-14;1-2/h13H,4-12H2,1-3H3;1-2H3. The summed E-state index contributed by atoms with van der Waals surface area (Å²) in [5.74, 6) is 0.991. The van der Waals surface area contributed by atoms with Gasteiger partial charge in [0.25, 0.3) is 0 Å². The molecule has 2 unspecified atom stereocenters. The van der Waals surface area contributed by atoms with Gasteiger partial charge in [-0.05, 0) is 30.6 Å². The first kappa shape index (κ1) is 16.0. The lowest BCUT2D eigenvalue weighted by Crippen LogP contribution is -2.18. The maximum atomic E-state index is 2.44. The Morgan fingerprint density at radius 2 is 1.75 bits per heavy atom. The Kier molecular flexibility index (Phi) is 9.07. The third-order valence-electron chi connectivity index (χ3n) is 4.38. The van der Waals surface area contributed by atoms with Crippen LogP contribution in [0, 0.1) is 11.3 Å². The van der Waals surface area contributed by atoms with E-state index in [1.165, 1.54) is 57.8 Å². The Morgan fingerprint density at radius 1 is 1.06 bits per heavy atom. The highest BCUT2D eigenvalue weighted by atomic mass is 14.3. The van der Waals surface area contributed by atoms with Crippen LogP contribution in [0.5, 0.6) is 0 Å². The van der Waals surface area contributed by atoms with Gasteiger partial charge in [0.1, 0.15) is 0 Å². The van der Waals surface area contributed by atoms with Crippen molar-refractivity contribution >= 4 is 0 Å². The molecule has 1 fully saturated rings. The Labute approximate surface area is 104 Å². The van der Waals surface area contributed by atoms with E-state index >= 15 is 0 Å². The maximum Gasteiger partial charge on any atom is -0.0300 e. The molecule has 1 aliphatic carbocycles. The van der Waals surface area contributed by atoms with Crippen LogP contribution in [0.25, 0.3) is 0 Å². The molecule has 1 rings (SSSR count). The van der Waals surface area contributed by atoms with Crippen molar-refractivity contribution in [1.82, 2.24) is 0 Å². The molecular weight excluding hydrogens is 192 g/mol. The minimum Gasteiger partial charge on any atom is -0.0683 e. The van der Waals surface area contributed by atoms with Gasteiger partial charge >= 0.3 is 0 Å². The fraction of sp³-hybridized carbons (Fsp3) is 1.00. The van der Waals surface area contributed by atoms with Crippen molar-refractivity contribution < 1.29 is 0 Å². The molecule has 1 saturated carbocycles. The second-order valence-electron chi connectivity index (χ2n) is 5.49. The SMILES string of the molecule is CC.CCCCC1(CC)CCCC(C)CC1. The van der Waals surface area contributed by atoms with E-state index in [1.54, 1.807) is 0 Å². The van der Waals surface area contributed by atoms with E-state index in [1.807, 2.05) is 13.8 Å². The zero-order valence-corrected chi connectivity index (χ0v) is 12.4. The maximum absolute atomic E-state index is 2.44. The topological polar surface area (TPSA) is 0 Å². The lowest BCUT2D eigenvalue weighted by molar-refractivity contribution is 0.204. The van der Waals surface area contributed by atoms with Crippen molar-refractivity contribution in [3.8, 4) is 0 Å². The highest BCUT2D eigenvalue weighted by Crippen LogP contribution is 2.43. The number of unbranched alkanes of at least 4 members (excludes halogenated alkanes) is 1. The summed E-state index contributed by atoms with van der Waals surface area (Å²) in [6.07, 6.45) is 13.2. The fourth-order valence-electron chi connectivity index (χ4n) is 2.98. The van der Waals surface area contributed by atoms with Crippen LogP contribution in [-0.2, 0) is 0 Å². The smallest absolute Gasteiger partial charge is 0.0300 e. The van der Waals surface area contributed by atoms with Gasteiger partial charge in [-0.25, -0.2) is 0 Å². The van der Waals surface area contributed by atoms with Crippen molar-refractivity contribution in [2.75, 3.05) is 0 Å². The normalized spacial score (nSPS) is 30.2. The molecule has 0 saturated heterocycles. The minimum absolute atomic E-state index is 0.737. The van der Waals surface area contributed by atoms with Gasteiger partial charge < -0.3 is 0 Å². The molecule has 98 valence electrons. The summed E-state index contributed by atoms with van der Waals surface area (Å²) in [5.41, 5.74) is 0.737. The summed E-state index contributed by atoms with van der Waals surface area (Å²) in [5, 5.41) is 0. The van der Waals surface area contributed by atoms with Crippen LogP contribution in [0.2, 0.25) is 0 Å². The van der Waals surface area contributed by atoms with Gasteiger partial charge in [-0.1, -0.05) is 73.1 Å². The molecule has 0 amide bonds. The predicted molar refractivity (Wildman–Crippen MR) is 75.8 cm³/mol. The number of hydrogen-bond donors (Lipinski definition) is 0. The minimum atomic E-state index is 0.737. The first-order valence-corrected chi connectivity index (χ1v) is 7.72. The molecule has 0 radical (unpaired) electrons.